The second kappa shape index (κ2) is 35.3. The van der Waals surface area contributed by atoms with E-state index >= 15 is 0 Å². The molecule has 8 heteroatoms. The second-order valence-electron chi connectivity index (χ2n) is 29.4. The highest BCUT2D eigenvalue weighted by molar-refractivity contribution is 7.05. The van der Waals surface area contributed by atoms with Gasteiger partial charge in [0.05, 0.1) is 11.4 Å². The highest BCUT2D eigenvalue weighted by Gasteiger charge is 2.24. The van der Waals surface area contributed by atoms with Crippen LogP contribution in [0.25, 0.3) is 65.0 Å². The van der Waals surface area contributed by atoms with Crippen LogP contribution in [-0.4, -0.2) is 7.98 Å². The summed E-state index contributed by atoms with van der Waals surface area (Å²) in [6, 6.07) is 175. The molecule has 2 radical (unpaired) electrons. The molecule has 0 atom stereocenters. The number of hydrogen-bond acceptors (Lipinski definition) is 6. The van der Waals surface area contributed by atoms with Gasteiger partial charge < -0.3 is 29.2 Å². The number of benzene rings is 20. The standard InChI is InChI=1S/C67H49N3.C44H32N2.BHNP/c1-4-22-58(23-5-1)68(64-43-28-49-16-10-13-19-55(49)46-64)61-37-31-52(32-38-61)67(53-33-39-62(40-34-53)69(59-24-6-2-7-25-59)65-44-29-50-17-11-14-20-56(50)47-65)54-35-41-63(42-36-54)70(60-26-8-3-9-27-60)66-45-30-51-18-12-15-21-57(51)48-66;1-3-17-37(18-4-1)45(43-23-11-15-35-13-7-9-21-41(35)43)39-29-25-33(26-30-39)34-27-31-40(32-28-34)46(38-19-5-2-6-20-38)44-24-12-16-36-14-8-10-22-42(36)44;1-2-3/h1-48,67H;1-32H;3H. The molecule has 0 aliphatic carbocycles. The lowest BCUT2D eigenvalue weighted by Crippen LogP contribution is -2.12. The zero-order valence-electron chi connectivity index (χ0n) is 65.5. The Morgan fingerprint density at radius 1 is 0.176 bits per heavy atom. The van der Waals surface area contributed by atoms with Crippen molar-refractivity contribution in [3.8, 4) is 11.1 Å². The van der Waals surface area contributed by atoms with Crippen molar-refractivity contribution in [2.75, 3.05) is 24.5 Å². The van der Waals surface area contributed by atoms with Gasteiger partial charge in [-0.15, -0.1) is 0 Å². The highest BCUT2D eigenvalue weighted by atomic mass is 31.0. The summed E-state index contributed by atoms with van der Waals surface area (Å²) in [5, 5.41) is 12.2. The number of nitrogens with zero attached hydrogens (tertiary/aromatic N) is 6. The first kappa shape index (κ1) is 75.2. The molecule has 0 saturated heterocycles. The van der Waals surface area contributed by atoms with Crippen LogP contribution in [0.15, 0.2) is 490 Å². The van der Waals surface area contributed by atoms with Gasteiger partial charge in [-0.1, -0.05) is 315 Å². The largest absolute Gasteiger partial charge is 0.344 e. The Labute approximate surface area is 699 Å². The van der Waals surface area contributed by atoms with E-state index in [9.17, 15) is 0 Å². The SMILES string of the molecule is [B]N=P.c1ccc(N(c2ccc(-c3ccc(N(c4ccccc4)c4cccc5ccccc45)cc3)cc2)c2cccc3ccccc23)cc1.c1ccc(N(c2ccc(C(c3ccc(N(c4ccccc4)c4ccc5ccccc5c4)cc3)c3ccc(N(c4ccccc4)c4ccc5ccccc5c4)cc3)cc2)c2ccc3ccccc3c2)cc1. The van der Waals surface area contributed by atoms with Crippen molar-refractivity contribution in [3.63, 3.8) is 0 Å². The summed E-state index contributed by atoms with van der Waals surface area (Å²) in [7, 11) is 6.97. The third-order valence-electron chi connectivity index (χ3n) is 22.1. The van der Waals surface area contributed by atoms with Gasteiger partial charge in [0.2, 0.25) is 0 Å². The van der Waals surface area contributed by atoms with Crippen LogP contribution >= 0.6 is 9.03 Å². The zero-order valence-corrected chi connectivity index (χ0v) is 66.5. The number of rotatable bonds is 19. The van der Waals surface area contributed by atoms with Crippen LogP contribution in [0.4, 0.5) is 85.3 Å². The van der Waals surface area contributed by atoms with Gasteiger partial charge in [0.15, 0.2) is 0 Å². The molecule has 0 bridgehead atoms. The molecule has 0 amide bonds. The Bertz CT molecular complexity index is 6260. The highest BCUT2D eigenvalue weighted by Crippen LogP contribution is 2.46. The van der Waals surface area contributed by atoms with E-state index in [0.29, 0.717) is 0 Å². The van der Waals surface area contributed by atoms with Crippen molar-refractivity contribution >= 4 is 156 Å². The Kier molecular flexibility index (Phi) is 22.3. The maximum Gasteiger partial charge on any atom is 0.265 e. The predicted molar refractivity (Wildman–Crippen MR) is 510 cm³/mol. The average Bonchev–Trinajstić information content (AvgIpc) is 0.797. The summed E-state index contributed by atoms with van der Waals surface area (Å²) >= 11 is 0. The number of hydrogen-bond donors (Lipinski definition) is 0. The molecule has 6 nitrogen and oxygen atoms in total. The van der Waals surface area contributed by atoms with Crippen LogP contribution in [0, 0.1) is 0 Å². The van der Waals surface area contributed by atoms with Crippen molar-refractivity contribution in [2.24, 2.45) is 4.66 Å². The van der Waals surface area contributed by atoms with Crippen molar-refractivity contribution < 1.29 is 0 Å². The van der Waals surface area contributed by atoms with E-state index in [1.807, 2.05) is 0 Å². The number of fused-ring (bicyclic) bond motifs is 5. The Morgan fingerprint density at radius 3 is 0.664 bits per heavy atom. The third-order valence-corrected chi connectivity index (χ3v) is 22.1. The molecule has 20 aromatic rings. The van der Waals surface area contributed by atoms with Gasteiger partial charge in [0.25, 0.3) is 7.98 Å². The maximum absolute atomic E-state index is 4.39. The summed E-state index contributed by atoms with van der Waals surface area (Å²) < 4.78 is 2.81. The molecule has 20 aromatic carbocycles. The first-order valence-electron chi connectivity index (χ1n) is 40.2. The quantitative estimate of drug-likeness (QED) is 0.0457. The van der Waals surface area contributed by atoms with E-state index in [-0.39, 0.29) is 5.92 Å². The van der Waals surface area contributed by atoms with E-state index in [1.54, 1.807) is 0 Å². The molecule has 0 spiro atoms. The van der Waals surface area contributed by atoms with Crippen LogP contribution in [0.2, 0.25) is 0 Å². The minimum absolute atomic E-state index is 0.0558. The van der Waals surface area contributed by atoms with E-state index in [2.05, 4.69) is 531 Å². The van der Waals surface area contributed by atoms with Gasteiger partial charge in [-0.2, -0.15) is 0 Å². The van der Waals surface area contributed by atoms with Crippen LogP contribution in [0.1, 0.15) is 22.6 Å². The average molecular weight is 1540 g/mol. The lowest BCUT2D eigenvalue weighted by atomic mass is 9.84. The summed E-state index contributed by atoms with van der Waals surface area (Å²) in [5.41, 5.74) is 22.8. The van der Waals surface area contributed by atoms with Crippen molar-refractivity contribution in [1.82, 2.24) is 0 Å². The van der Waals surface area contributed by atoms with E-state index in [0.717, 1.165) is 85.3 Å². The molecular weight excluding hydrogens is 1460 g/mol. The minimum atomic E-state index is -0.0558. The summed E-state index contributed by atoms with van der Waals surface area (Å²) in [6.45, 7) is 0. The lowest BCUT2D eigenvalue weighted by molar-refractivity contribution is 0.976. The van der Waals surface area contributed by atoms with Gasteiger partial charge in [-0.25, -0.2) is 0 Å². The van der Waals surface area contributed by atoms with Crippen LogP contribution in [-0.2, 0) is 0 Å². The van der Waals surface area contributed by atoms with Crippen molar-refractivity contribution in [3.05, 3.63) is 502 Å². The molecular formula is C111H82BN6P. The van der Waals surface area contributed by atoms with Crippen LogP contribution < -0.4 is 24.5 Å². The second-order valence-corrected chi connectivity index (χ2v) is 29.6. The molecule has 0 heterocycles. The lowest BCUT2D eigenvalue weighted by Gasteiger charge is -2.28. The fraction of sp³-hybridized carbons (Fsp3) is 0.00901. The summed E-state index contributed by atoms with van der Waals surface area (Å²) in [5.74, 6) is -0.0558. The maximum atomic E-state index is 4.39. The van der Waals surface area contributed by atoms with Gasteiger partial charge in [-0.05, 0) is 250 Å². The van der Waals surface area contributed by atoms with Crippen LogP contribution in [0.3, 0.4) is 0 Å². The van der Waals surface area contributed by atoms with Crippen molar-refractivity contribution in [2.45, 2.75) is 5.92 Å². The molecule has 0 fully saturated rings. The monoisotopic (exact) mass is 1540 g/mol. The molecule has 0 unspecified atom stereocenters. The normalized spacial score (nSPS) is 11.0. The minimum Gasteiger partial charge on any atom is -0.344 e. The molecule has 0 aromatic heterocycles. The Morgan fingerprint density at radius 2 is 0.378 bits per heavy atom. The van der Waals surface area contributed by atoms with Crippen molar-refractivity contribution in [1.29, 1.82) is 0 Å². The predicted octanol–water partition coefficient (Wildman–Crippen LogP) is 31.7. The number of anilines is 15. The van der Waals surface area contributed by atoms with E-state index < -0.39 is 0 Å². The molecule has 0 saturated carbocycles. The van der Waals surface area contributed by atoms with Crippen LogP contribution in [0.5, 0.6) is 0 Å². The molecule has 0 aliphatic heterocycles. The smallest absolute Gasteiger partial charge is 0.265 e. The number of para-hydroxylation sites is 5. The van der Waals surface area contributed by atoms with Gasteiger partial charge in [-0.3, -0.25) is 0 Å². The van der Waals surface area contributed by atoms with E-state index in [1.165, 1.54) is 81.7 Å². The fourth-order valence-electron chi connectivity index (χ4n) is 16.5. The van der Waals surface area contributed by atoms with Gasteiger partial charge in [0.1, 0.15) is 0 Å². The topological polar surface area (TPSA) is 28.6 Å². The molecule has 20 rings (SSSR count). The summed E-state index contributed by atoms with van der Waals surface area (Å²) in [4.78, 5) is 11.7. The molecule has 564 valence electrons. The van der Waals surface area contributed by atoms with Gasteiger partial charge >= 0.3 is 0 Å². The van der Waals surface area contributed by atoms with E-state index in [4.69, 9.17) is 0 Å². The fourth-order valence-corrected chi connectivity index (χ4v) is 16.5. The molecule has 0 aliphatic rings. The third kappa shape index (κ3) is 16.4. The first-order chi connectivity index (χ1) is 58.9. The molecule has 119 heavy (non-hydrogen) atoms. The Hall–Kier alpha value is -15.1. The Balaban J connectivity index is 0.000000172. The first-order valence-corrected chi connectivity index (χ1v) is 40.6. The molecule has 0 N–H and O–H groups in total. The summed E-state index contributed by atoms with van der Waals surface area (Å²) in [6.07, 6.45) is 0. The zero-order chi connectivity index (χ0) is 80.1. The van der Waals surface area contributed by atoms with Gasteiger partial charge in [0, 0.05) is 90.6 Å².